The molecule has 1 aromatic heterocycles. The molecule has 1 saturated heterocycles. The van der Waals surface area contributed by atoms with Crippen LogP contribution in [0.25, 0.3) is 0 Å². The number of nitrogens with zero attached hydrogens (tertiary/aromatic N) is 1. The van der Waals surface area contributed by atoms with Gasteiger partial charge in [0, 0.05) is 31.8 Å². The zero-order valence-corrected chi connectivity index (χ0v) is 8.82. The summed E-state index contributed by atoms with van der Waals surface area (Å²) < 4.78 is 0. The molecule has 1 aromatic rings. The zero-order chi connectivity index (χ0) is 11.4. The highest BCUT2D eigenvalue weighted by Crippen LogP contribution is 2.05. The number of carbonyl (C=O) groups excluding carboxylic acids is 2. The highest BCUT2D eigenvalue weighted by molar-refractivity contribution is 5.90. The smallest absolute Gasteiger partial charge is 0.242 e. The number of imidazole rings is 1. The number of amides is 2. The van der Waals surface area contributed by atoms with E-state index in [1.165, 1.54) is 0 Å². The molecule has 0 unspecified atom stereocenters. The summed E-state index contributed by atoms with van der Waals surface area (Å²) in [4.78, 5) is 29.5. The summed E-state index contributed by atoms with van der Waals surface area (Å²) in [5, 5.41) is 5.39. The van der Waals surface area contributed by atoms with Gasteiger partial charge in [-0.2, -0.15) is 0 Å². The average Bonchev–Trinajstić information content (AvgIpc) is 2.89. The molecule has 3 N–H and O–H groups in total. The van der Waals surface area contributed by atoms with E-state index in [2.05, 4.69) is 20.6 Å². The molecule has 0 saturated carbocycles. The molecule has 86 valence electrons. The Morgan fingerprint density at radius 3 is 3.12 bits per heavy atom. The Bertz CT molecular complexity index is 374. The largest absolute Gasteiger partial charge is 0.354 e. The lowest BCUT2D eigenvalue weighted by Crippen LogP contribution is -2.42. The number of H-pyrrole nitrogens is 1. The van der Waals surface area contributed by atoms with E-state index in [-0.39, 0.29) is 17.9 Å². The fraction of sp³-hybridized carbons (Fsp3) is 0.500. The first kappa shape index (κ1) is 10.7. The molecular weight excluding hydrogens is 208 g/mol. The average molecular weight is 222 g/mol. The molecule has 1 aliphatic heterocycles. The van der Waals surface area contributed by atoms with E-state index in [0.29, 0.717) is 25.8 Å². The van der Waals surface area contributed by atoms with Gasteiger partial charge in [-0.3, -0.25) is 9.59 Å². The number of hydrogen-bond acceptors (Lipinski definition) is 3. The summed E-state index contributed by atoms with van der Waals surface area (Å²) in [5.41, 5.74) is 0. The van der Waals surface area contributed by atoms with Crippen LogP contribution >= 0.6 is 0 Å². The summed E-state index contributed by atoms with van der Waals surface area (Å²) in [6.07, 6.45) is 5.11. The number of carbonyl (C=O) groups is 2. The number of aromatic nitrogens is 2. The summed E-state index contributed by atoms with van der Waals surface area (Å²) in [6.45, 7) is 0.527. The molecule has 6 nitrogen and oxygen atoms in total. The minimum absolute atomic E-state index is 0.0498. The van der Waals surface area contributed by atoms with Crippen LogP contribution in [0.1, 0.15) is 18.7 Å². The predicted octanol–water partition coefficient (Wildman–Crippen LogP) is -0.653. The van der Waals surface area contributed by atoms with Crippen molar-refractivity contribution in [1.82, 2.24) is 20.6 Å². The van der Waals surface area contributed by atoms with Crippen LogP contribution in [0.4, 0.5) is 0 Å². The third kappa shape index (κ3) is 2.59. The van der Waals surface area contributed by atoms with E-state index in [1.54, 1.807) is 12.4 Å². The van der Waals surface area contributed by atoms with E-state index in [1.807, 2.05) is 0 Å². The van der Waals surface area contributed by atoms with Gasteiger partial charge in [0.2, 0.25) is 11.8 Å². The van der Waals surface area contributed by atoms with Gasteiger partial charge in [0.05, 0.1) is 0 Å². The maximum atomic E-state index is 11.6. The van der Waals surface area contributed by atoms with Crippen LogP contribution in [0.3, 0.4) is 0 Å². The van der Waals surface area contributed by atoms with Gasteiger partial charge >= 0.3 is 0 Å². The van der Waals surface area contributed by atoms with E-state index in [4.69, 9.17) is 0 Å². The van der Waals surface area contributed by atoms with Gasteiger partial charge in [-0.05, 0) is 6.42 Å². The fourth-order valence-electron chi connectivity index (χ4n) is 1.67. The molecule has 0 aromatic carbocycles. The molecular formula is C10H14N4O2. The second-order valence-electron chi connectivity index (χ2n) is 3.74. The summed E-state index contributed by atoms with van der Waals surface area (Å²) >= 11 is 0. The Morgan fingerprint density at radius 1 is 1.62 bits per heavy atom. The molecule has 0 aliphatic carbocycles. The van der Waals surface area contributed by atoms with Crippen molar-refractivity contribution in [3.8, 4) is 0 Å². The van der Waals surface area contributed by atoms with Crippen LogP contribution < -0.4 is 10.6 Å². The predicted molar refractivity (Wildman–Crippen MR) is 56.5 cm³/mol. The van der Waals surface area contributed by atoms with E-state index in [0.717, 1.165) is 5.82 Å². The first-order valence-electron chi connectivity index (χ1n) is 5.31. The lowest BCUT2D eigenvalue weighted by molar-refractivity contribution is -0.125. The molecule has 2 rings (SSSR count). The first-order valence-corrected chi connectivity index (χ1v) is 5.31. The molecule has 2 amide bonds. The molecule has 1 aliphatic rings. The number of rotatable bonds is 4. The molecule has 1 fully saturated rings. The highest BCUT2D eigenvalue weighted by Gasteiger charge is 2.26. The second kappa shape index (κ2) is 4.78. The van der Waals surface area contributed by atoms with E-state index < -0.39 is 0 Å². The molecule has 0 bridgehead atoms. The van der Waals surface area contributed by atoms with Crippen molar-refractivity contribution in [2.75, 3.05) is 6.54 Å². The highest BCUT2D eigenvalue weighted by atomic mass is 16.2. The third-order valence-corrected chi connectivity index (χ3v) is 2.53. The molecule has 1 atom stereocenters. The van der Waals surface area contributed by atoms with Crippen LogP contribution in [0.2, 0.25) is 0 Å². The summed E-state index contributed by atoms with van der Waals surface area (Å²) in [5.74, 6) is 0.680. The van der Waals surface area contributed by atoms with Crippen LogP contribution in [0, 0.1) is 0 Å². The standard InChI is InChI=1S/C10H14N4O2/c15-9-2-1-7(14-9)10(16)13-4-3-8-11-5-6-12-8/h5-7H,1-4H2,(H,11,12)(H,13,16)(H,14,15)/t7-/m1/s1. The van der Waals surface area contributed by atoms with Crippen LogP contribution in [-0.4, -0.2) is 34.4 Å². The second-order valence-corrected chi connectivity index (χ2v) is 3.74. The normalized spacial score (nSPS) is 19.5. The Kier molecular flexibility index (Phi) is 3.19. The van der Waals surface area contributed by atoms with Crippen molar-refractivity contribution in [3.63, 3.8) is 0 Å². The molecule has 6 heteroatoms. The van der Waals surface area contributed by atoms with Gasteiger partial charge in [-0.15, -0.1) is 0 Å². The molecule has 2 heterocycles. The van der Waals surface area contributed by atoms with Crippen molar-refractivity contribution < 1.29 is 9.59 Å². The minimum Gasteiger partial charge on any atom is -0.354 e. The topological polar surface area (TPSA) is 86.9 Å². The van der Waals surface area contributed by atoms with Crippen molar-refractivity contribution >= 4 is 11.8 Å². The van der Waals surface area contributed by atoms with Crippen molar-refractivity contribution in [1.29, 1.82) is 0 Å². The van der Waals surface area contributed by atoms with Gasteiger partial charge in [0.25, 0.3) is 0 Å². The SMILES string of the molecule is O=C1CC[C@H](C(=O)NCCc2ncc[nH]2)N1. The first-order chi connectivity index (χ1) is 7.75. The van der Waals surface area contributed by atoms with Crippen LogP contribution in [0.5, 0.6) is 0 Å². The van der Waals surface area contributed by atoms with Gasteiger partial charge in [-0.25, -0.2) is 4.98 Å². The van der Waals surface area contributed by atoms with Crippen LogP contribution in [-0.2, 0) is 16.0 Å². The van der Waals surface area contributed by atoms with E-state index in [9.17, 15) is 9.59 Å². The van der Waals surface area contributed by atoms with Crippen molar-refractivity contribution in [2.24, 2.45) is 0 Å². The van der Waals surface area contributed by atoms with Crippen LogP contribution in [0.15, 0.2) is 12.4 Å². The zero-order valence-electron chi connectivity index (χ0n) is 8.82. The minimum atomic E-state index is -0.357. The van der Waals surface area contributed by atoms with E-state index >= 15 is 0 Å². The van der Waals surface area contributed by atoms with Crippen molar-refractivity contribution in [3.05, 3.63) is 18.2 Å². The summed E-state index contributed by atoms with van der Waals surface area (Å²) in [6, 6.07) is -0.357. The van der Waals surface area contributed by atoms with Gasteiger partial charge in [0.15, 0.2) is 0 Å². The monoisotopic (exact) mass is 222 g/mol. The van der Waals surface area contributed by atoms with Gasteiger partial charge in [0.1, 0.15) is 11.9 Å². The maximum Gasteiger partial charge on any atom is 0.242 e. The molecule has 0 spiro atoms. The van der Waals surface area contributed by atoms with Gasteiger partial charge in [-0.1, -0.05) is 0 Å². The number of nitrogens with one attached hydrogen (secondary N) is 3. The van der Waals surface area contributed by atoms with Crippen molar-refractivity contribution in [2.45, 2.75) is 25.3 Å². The number of hydrogen-bond donors (Lipinski definition) is 3. The Hall–Kier alpha value is -1.85. The molecule has 16 heavy (non-hydrogen) atoms. The Labute approximate surface area is 92.8 Å². The lowest BCUT2D eigenvalue weighted by Gasteiger charge is -2.09. The van der Waals surface area contributed by atoms with Gasteiger partial charge < -0.3 is 15.6 Å². The Balaban J connectivity index is 1.70. The summed E-state index contributed by atoms with van der Waals surface area (Å²) in [7, 11) is 0. The quantitative estimate of drug-likeness (QED) is 0.632. The fourth-order valence-corrected chi connectivity index (χ4v) is 1.67. The molecule has 0 radical (unpaired) electrons. The lowest BCUT2D eigenvalue weighted by atomic mass is 10.2. The third-order valence-electron chi connectivity index (χ3n) is 2.53. The number of aromatic amines is 1. The Morgan fingerprint density at radius 2 is 2.50 bits per heavy atom. The maximum absolute atomic E-state index is 11.6.